The molecular formula is C19H18BrF3N2O4S2. The van der Waals surface area contributed by atoms with Crippen molar-refractivity contribution in [3.63, 3.8) is 0 Å². The highest BCUT2D eigenvalue weighted by Gasteiger charge is 2.35. The Morgan fingerprint density at radius 3 is 2.52 bits per heavy atom. The Morgan fingerprint density at radius 2 is 1.94 bits per heavy atom. The van der Waals surface area contributed by atoms with Crippen molar-refractivity contribution in [3.8, 4) is 10.4 Å². The lowest BCUT2D eigenvalue weighted by Gasteiger charge is -2.11. The van der Waals surface area contributed by atoms with E-state index in [1.807, 2.05) is 0 Å². The minimum Gasteiger partial charge on any atom is -0.465 e. The van der Waals surface area contributed by atoms with Gasteiger partial charge in [-0.3, -0.25) is 9.79 Å². The maximum Gasteiger partial charge on any atom is 0.431 e. The summed E-state index contributed by atoms with van der Waals surface area (Å²) in [6, 6.07) is 9.29. The average molecular weight is 539 g/mol. The van der Waals surface area contributed by atoms with E-state index in [-0.39, 0.29) is 17.2 Å². The summed E-state index contributed by atoms with van der Waals surface area (Å²) in [7, 11) is -3.43. The number of rotatable bonds is 7. The molecule has 1 aromatic heterocycles. The fraction of sp³-hybridized carbons (Fsp3) is 0.263. The zero-order valence-corrected chi connectivity index (χ0v) is 19.6. The summed E-state index contributed by atoms with van der Waals surface area (Å²) in [6.45, 7) is 1.20. The second-order valence-electron chi connectivity index (χ2n) is 6.16. The van der Waals surface area contributed by atoms with Crippen LogP contribution in [0.5, 0.6) is 0 Å². The smallest absolute Gasteiger partial charge is 0.431 e. The van der Waals surface area contributed by atoms with Gasteiger partial charge in [-0.1, -0.05) is 12.1 Å². The molecule has 2 rings (SSSR count). The number of benzene rings is 1. The summed E-state index contributed by atoms with van der Waals surface area (Å²) in [5.74, 6) is -0.705. The lowest BCUT2D eigenvalue weighted by atomic mass is 10.2. The Bertz CT molecular complexity index is 1140. The van der Waals surface area contributed by atoms with Crippen molar-refractivity contribution in [1.82, 2.24) is 0 Å². The maximum absolute atomic E-state index is 13.1. The second kappa shape index (κ2) is 9.96. The number of hydrogen-bond donors (Lipinski definition) is 1. The van der Waals surface area contributed by atoms with Crippen LogP contribution in [0, 0.1) is 0 Å². The van der Waals surface area contributed by atoms with Crippen LogP contribution < -0.4 is 5.73 Å². The van der Waals surface area contributed by atoms with Crippen LogP contribution in [0.4, 0.5) is 13.2 Å². The molecule has 0 radical (unpaired) electrons. The molecule has 0 unspecified atom stereocenters. The molecular weight excluding hydrogens is 521 g/mol. The third kappa shape index (κ3) is 6.65. The molecule has 0 bridgehead atoms. The first-order chi connectivity index (χ1) is 14.3. The number of carbonyl (C=O) groups excluding carboxylic acids is 1. The van der Waals surface area contributed by atoms with Crippen LogP contribution in [-0.4, -0.2) is 45.7 Å². The molecule has 0 aliphatic heterocycles. The zero-order valence-electron chi connectivity index (χ0n) is 16.4. The zero-order chi connectivity index (χ0) is 23.4. The van der Waals surface area contributed by atoms with Gasteiger partial charge in [0.1, 0.15) is 12.2 Å². The number of ether oxygens (including phenoxy) is 1. The predicted octanol–water partition coefficient (Wildman–Crippen LogP) is 4.30. The average Bonchev–Trinajstić information content (AvgIpc) is 3.16. The number of carbonyl (C=O) groups is 1. The number of alkyl halides is 3. The molecule has 1 heterocycles. The van der Waals surface area contributed by atoms with Crippen LogP contribution in [-0.2, 0) is 19.4 Å². The number of allylic oxidation sites excluding steroid dienone is 2. The molecule has 0 spiro atoms. The highest BCUT2D eigenvalue weighted by atomic mass is 79.9. The standard InChI is InChI=1S/C19H18BrF3N2O4S2/c1-3-29-15(26)10-25-17(16(20)18(24)19(21,22)23)14-8-7-13(30-14)11-5-4-6-12(9-11)31(2,27)28/h4-9H,3,10,24H2,1-2H3. The molecule has 0 aliphatic carbocycles. The number of esters is 1. The highest BCUT2D eigenvalue weighted by molar-refractivity contribution is 9.12. The Labute approximate surface area is 189 Å². The molecule has 168 valence electrons. The second-order valence-corrected chi connectivity index (χ2v) is 10.1. The van der Waals surface area contributed by atoms with Crippen LogP contribution in [0.25, 0.3) is 10.4 Å². The molecule has 0 saturated carbocycles. The molecule has 0 amide bonds. The molecule has 2 N–H and O–H groups in total. The first kappa shape index (κ1) is 25.1. The molecule has 12 heteroatoms. The van der Waals surface area contributed by atoms with Crippen molar-refractivity contribution in [2.24, 2.45) is 10.7 Å². The quantitative estimate of drug-likeness (QED) is 0.418. The third-order valence-electron chi connectivity index (χ3n) is 3.81. The van der Waals surface area contributed by atoms with Crippen molar-refractivity contribution in [3.05, 3.63) is 51.5 Å². The van der Waals surface area contributed by atoms with Gasteiger partial charge in [-0.05, 0) is 52.7 Å². The fourth-order valence-corrected chi connectivity index (χ4v) is 4.74. The molecule has 0 atom stereocenters. The maximum atomic E-state index is 13.1. The number of nitrogens with two attached hydrogens (primary N) is 1. The lowest BCUT2D eigenvalue weighted by molar-refractivity contribution is -0.141. The van der Waals surface area contributed by atoms with E-state index < -0.39 is 38.7 Å². The highest BCUT2D eigenvalue weighted by Crippen LogP contribution is 2.34. The molecule has 0 fully saturated rings. The Hall–Kier alpha value is -2.18. The summed E-state index contributed by atoms with van der Waals surface area (Å²) in [5, 5.41) is 0. The molecule has 2 aromatic rings. The number of aliphatic imine (C=N–C) groups is 1. The Kier molecular flexibility index (Phi) is 8.06. The van der Waals surface area contributed by atoms with Crippen LogP contribution in [0.1, 0.15) is 11.8 Å². The molecule has 31 heavy (non-hydrogen) atoms. The number of hydrogen-bond acceptors (Lipinski definition) is 7. The summed E-state index contributed by atoms with van der Waals surface area (Å²) in [4.78, 5) is 16.6. The summed E-state index contributed by atoms with van der Waals surface area (Å²) >= 11 is 3.92. The van der Waals surface area contributed by atoms with E-state index in [1.54, 1.807) is 25.1 Å². The topological polar surface area (TPSA) is 98.8 Å². The van der Waals surface area contributed by atoms with Crippen LogP contribution in [0.3, 0.4) is 0 Å². The monoisotopic (exact) mass is 538 g/mol. The van der Waals surface area contributed by atoms with E-state index in [4.69, 9.17) is 10.5 Å². The Morgan fingerprint density at radius 1 is 1.26 bits per heavy atom. The minimum absolute atomic E-state index is 0.102. The SMILES string of the molecule is CCOC(=O)CN=C(C(Br)=C(N)C(F)(F)F)c1ccc(-c2cccc(S(C)(=O)=O)c2)s1. The van der Waals surface area contributed by atoms with Gasteiger partial charge >= 0.3 is 12.1 Å². The van der Waals surface area contributed by atoms with Crippen molar-refractivity contribution in [2.75, 3.05) is 19.4 Å². The van der Waals surface area contributed by atoms with E-state index in [0.717, 1.165) is 17.6 Å². The van der Waals surface area contributed by atoms with E-state index in [1.165, 1.54) is 18.2 Å². The number of thiophene rings is 1. The fourth-order valence-electron chi connectivity index (χ4n) is 2.36. The lowest BCUT2D eigenvalue weighted by Crippen LogP contribution is -2.23. The predicted molar refractivity (Wildman–Crippen MR) is 117 cm³/mol. The van der Waals surface area contributed by atoms with Crippen LogP contribution in [0.15, 0.2) is 56.5 Å². The van der Waals surface area contributed by atoms with Crippen molar-refractivity contribution < 1.29 is 31.1 Å². The van der Waals surface area contributed by atoms with Gasteiger partial charge < -0.3 is 10.5 Å². The first-order valence-corrected chi connectivity index (χ1v) is 12.2. The first-order valence-electron chi connectivity index (χ1n) is 8.68. The summed E-state index contributed by atoms with van der Waals surface area (Å²) < 4.78 is 67.2. The summed E-state index contributed by atoms with van der Waals surface area (Å²) in [6.07, 6.45) is -3.73. The minimum atomic E-state index is -4.81. The van der Waals surface area contributed by atoms with Gasteiger partial charge in [-0.25, -0.2) is 8.42 Å². The van der Waals surface area contributed by atoms with Crippen LogP contribution >= 0.6 is 27.3 Å². The van der Waals surface area contributed by atoms with E-state index in [0.29, 0.717) is 15.3 Å². The molecule has 0 aliphatic rings. The van der Waals surface area contributed by atoms with Gasteiger partial charge in [0.15, 0.2) is 9.84 Å². The molecule has 0 saturated heterocycles. The Balaban J connectivity index is 2.53. The van der Waals surface area contributed by atoms with E-state index in [9.17, 15) is 26.4 Å². The van der Waals surface area contributed by atoms with Crippen molar-refractivity contribution in [2.45, 2.75) is 18.0 Å². The van der Waals surface area contributed by atoms with Gasteiger partial charge in [0.25, 0.3) is 0 Å². The number of nitrogens with zero attached hydrogens (tertiary/aromatic N) is 1. The summed E-state index contributed by atoms with van der Waals surface area (Å²) in [5.41, 5.74) is 4.23. The largest absolute Gasteiger partial charge is 0.465 e. The van der Waals surface area contributed by atoms with Gasteiger partial charge in [-0.15, -0.1) is 11.3 Å². The molecule has 6 nitrogen and oxygen atoms in total. The number of sulfone groups is 1. The van der Waals surface area contributed by atoms with Crippen molar-refractivity contribution in [1.29, 1.82) is 0 Å². The number of halogens is 4. The van der Waals surface area contributed by atoms with Gasteiger partial charge in [0, 0.05) is 11.1 Å². The van der Waals surface area contributed by atoms with Gasteiger partial charge in [0.2, 0.25) is 0 Å². The third-order valence-corrected chi connectivity index (χ3v) is 6.86. The normalized spacial score (nSPS) is 13.7. The van der Waals surface area contributed by atoms with Crippen molar-refractivity contribution >= 4 is 48.8 Å². The van der Waals surface area contributed by atoms with E-state index >= 15 is 0 Å². The van der Waals surface area contributed by atoms with Gasteiger partial charge in [-0.2, -0.15) is 13.2 Å². The molecule has 1 aromatic carbocycles. The van der Waals surface area contributed by atoms with Crippen LogP contribution in [0.2, 0.25) is 0 Å². The van der Waals surface area contributed by atoms with Gasteiger partial charge in [0.05, 0.1) is 26.6 Å². The van der Waals surface area contributed by atoms with E-state index in [2.05, 4.69) is 20.9 Å².